The highest BCUT2D eigenvalue weighted by atomic mass is 16.5. The SMILES string of the molecule is NCCOc1cccc(OCCNc2cccc3c2C(=O)N(C2CCC(=O)NC2=O)C3=O)c1. The Bertz CT molecular complexity index is 1100. The van der Waals surface area contributed by atoms with Crippen LogP contribution in [-0.4, -0.2) is 60.9 Å². The Morgan fingerprint density at radius 1 is 1.00 bits per heavy atom. The summed E-state index contributed by atoms with van der Waals surface area (Å²) in [5.41, 5.74) is 6.35. The molecule has 10 nitrogen and oxygen atoms in total. The number of nitrogens with one attached hydrogen (secondary N) is 2. The van der Waals surface area contributed by atoms with Crippen molar-refractivity contribution in [3.63, 3.8) is 0 Å². The molecule has 172 valence electrons. The Morgan fingerprint density at radius 2 is 1.73 bits per heavy atom. The molecule has 2 aliphatic rings. The van der Waals surface area contributed by atoms with E-state index in [0.717, 1.165) is 4.90 Å². The third-order valence-electron chi connectivity index (χ3n) is 5.35. The van der Waals surface area contributed by atoms with Crippen LogP contribution in [0.4, 0.5) is 5.69 Å². The van der Waals surface area contributed by atoms with Gasteiger partial charge in [-0.1, -0.05) is 12.1 Å². The van der Waals surface area contributed by atoms with E-state index in [-0.39, 0.29) is 24.0 Å². The Morgan fingerprint density at radius 3 is 2.45 bits per heavy atom. The number of carbonyl (C=O) groups is 4. The molecule has 1 unspecified atom stereocenters. The summed E-state index contributed by atoms with van der Waals surface area (Å²) in [6.07, 6.45) is 0.186. The smallest absolute Gasteiger partial charge is 0.264 e. The molecular weight excluding hydrogens is 428 g/mol. The van der Waals surface area contributed by atoms with Crippen molar-refractivity contribution < 1.29 is 28.7 Å². The van der Waals surface area contributed by atoms with Gasteiger partial charge in [0, 0.05) is 31.3 Å². The lowest BCUT2D eigenvalue weighted by molar-refractivity contribution is -0.136. The van der Waals surface area contributed by atoms with Gasteiger partial charge in [0.15, 0.2) is 0 Å². The quantitative estimate of drug-likeness (QED) is 0.377. The zero-order valence-electron chi connectivity index (χ0n) is 17.8. The lowest BCUT2D eigenvalue weighted by atomic mass is 10.0. The zero-order chi connectivity index (χ0) is 23.4. The summed E-state index contributed by atoms with van der Waals surface area (Å²) in [7, 11) is 0. The van der Waals surface area contributed by atoms with E-state index in [1.807, 2.05) is 12.1 Å². The Kier molecular flexibility index (Phi) is 6.55. The van der Waals surface area contributed by atoms with E-state index in [0.29, 0.717) is 43.5 Å². The maximum atomic E-state index is 13.1. The van der Waals surface area contributed by atoms with Crippen LogP contribution in [0.5, 0.6) is 11.5 Å². The largest absolute Gasteiger partial charge is 0.492 e. The molecule has 2 aromatic rings. The van der Waals surface area contributed by atoms with Crippen molar-refractivity contribution in [2.24, 2.45) is 5.73 Å². The van der Waals surface area contributed by atoms with Gasteiger partial charge < -0.3 is 20.5 Å². The highest BCUT2D eigenvalue weighted by molar-refractivity contribution is 6.25. The standard InChI is InChI=1S/C23H24N4O6/c24-9-11-32-14-3-1-4-15(13-14)33-12-10-25-17-6-2-5-16-20(17)23(31)27(22(16)30)18-7-8-19(28)26-21(18)29/h1-6,13,18,25H,7-12,24H2,(H,26,28,29). The fourth-order valence-electron chi connectivity index (χ4n) is 3.85. The van der Waals surface area contributed by atoms with Gasteiger partial charge in [0.05, 0.1) is 11.1 Å². The number of carbonyl (C=O) groups excluding carboxylic acids is 4. The van der Waals surface area contributed by atoms with Crippen molar-refractivity contribution in [2.45, 2.75) is 18.9 Å². The van der Waals surface area contributed by atoms with Gasteiger partial charge >= 0.3 is 0 Å². The fourth-order valence-corrected chi connectivity index (χ4v) is 3.85. The van der Waals surface area contributed by atoms with Gasteiger partial charge in [-0.2, -0.15) is 0 Å². The van der Waals surface area contributed by atoms with Crippen LogP contribution in [0.25, 0.3) is 0 Å². The van der Waals surface area contributed by atoms with Crippen molar-refractivity contribution in [3.8, 4) is 11.5 Å². The molecule has 0 aliphatic carbocycles. The van der Waals surface area contributed by atoms with Gasteiger partial charge in [-0.25, -0.2) is 0 Å². The number of amides is 4. The summed E-state index contributed by atoms with van der Waals surface area (Å²) in [6.45, 7) is 1.48. The third-order valence-corrected chi connectivity index (χ3v) is 5.35. The van der Waals surface area contributed by atoms with Crippen molar-refractivity contribution in [1.29, 1.82) is 0 Å². The molecule has 0 radical (unpaired) electrons. The molecule has 1 fully saturated rings. The van der Waals surface area contributed by atoms with E-state index in [1.165, 1.54) is 0 Å². The Balaban J connectivity index is 1.40. The molecule has 1 atom stereocenters. The monoisotopic (exact) mass is 452 g/mol. The van der Waals surface area contributed by atoms with Crippen LogP contribution < -0.4 is 25.8 Å². The first-order chi connectivity index (χ1) is 16.0. The molecule has 2 aromatic carbocycles. The molecule has 1 saturated heterocycles. The van der Waals surface area contributed by atoms with Gasteiger partial charge in [0.2, 0.25) is 11.8 Å². The highest BCUT2D eigenvalue weighted by Crippen LogP contribution is 2.32. The molecule has 4 N–H and O–H groups in total. The molecule has 0 aromatic heterocycles. The number of nitrogens with zero attached hydrogens (tertiary/aromatic N) is 1. The number of ether oxygens (including phenoxy) is 2. The number of hydrogen-bond acceptors (Lipinski definition) is 8. The summed E-state index contributed by atoms with van der Waals surface area (Å²) < 4.78 is 11.2. The van der Waals surface area contributed by atoms with Gasteiger partial charge in [-0.05, 0) is 30.7 Å². The number of rotatable bonds is 9. The van der Waals surface area contributed by atoms with Crippen LogP contribution in [0.3, 0.4) is 0 Å². The van der Waals surface area contributed by atoms with Crippen LogP contribution in [0.1, 0.15) is 33.6 Å². The first-order valence-corrected chi connectivity index (χ1v) is 10.6. The average Bonchev–Trinajstić information content (AvgIpc) is 3.06. The molecule has 4 amide bonds. The fraction of sp³-hybridized carbons (Fsp3) is 0.304. The van der Waals surface area contributed by atoms with E-state index < -0.39 is 29.7 Å². The summed E-state index contributed by atoms with van der Waals surface area (Å²) in [6, 6.07) is 11.1. The van der Waals surface area contributed by atoms with Crippen LogP contribution in [0.15, 0.2) is 42.5 Å². The van der Waals surface area contributed by atoms with Gasteiger partial charge in [0.1, 0.15) is 30.8 Å². The molecule has 0 spiro atoms. The van der Waals surface area contributed by atoms with Crippen molar-refractivity contribution in [3.05, 3.63) is 53.6 Å². The molecule has 2 aliphatic heterocycles. The minimum Gasteiger partial charge on any atom is -0.492 e. The number of fused-ring (bicyclic) bond motifs is 1. The predicted octanol–water partition coefficient (Wildman–Crippen LogP) is 0.916. The third kappa shape index (κ3) is 4.65. The van der Waals surface area contributed by atoms with E-state index in [1.54, 1.807) is 30.3 Å². The summed E-state index contributed by atoms with van der Waals surface area (Å²) >= 11 is 0. The topological polar surface area (TPSA) is 140 Å². The molecule has 33 heavy (non-hydrogen) atoms. The Hall–Kier alpha value is -3.92. The lowest BCUT2D eigenvalue weighted by Crippen LogP contribution is -2.54. The van der Waals surface area contributed by atoms with Crippen LogP contribution in [0, 0.1) is 0 Å². The first-order valence-electron chi connectivity index (χ1n) is 10.6. The zero-order valence-corrected chi connectivity index (χ0v) is 17.8. The van der Waals surface area contributed by atoms with Crippen molar-refractivity contribution >= 4 is 29.3 Å². The molecule has 4 rings (SSSR count). The van der Waals surface area contributed by atoms with E-state index in [4.69, 9.17) is 15.2 Å². The van der Waals surface area contributed by atoms with Gasteiger partial charge in [0.25, 0.3) is 11.8 Å². The maximum absolute atomic E-state index is 13.1. The van der Waals surface area contributed by atoms with Gasteiger partial charge in [-0.15, -0.1) is 0 Å². The highest BCUT2D eigenvalue weighted by Gasteiger charge is 2.45. The number of anilines is 1. The van der Waals surface area contributed by atoms with Crippen molar-refractivity contribution in [2.75, 3.05) is 31.6 Å². The minimum atomic E-state index is -1.000. The molecule has 0 bridgehead atoms. The average molecular weight is 452 g/mol. The van der Waals surface area contributed by atoms with Crippen LogP contribution in [-0.2, 0) is 9.59 Å². The number of imide groups is 2. The second kappa shape index (κ2) is 9.70. The minimum absolute atomic E-state index is 0.0741. The number of hydrogen-bond donors (Lipinski definition) is 3. The van der Waals surface area contributed by atoms with E-state index in [9.17, 15) is 19.2 Å². The van der Waals surface area contributed by atoms with Crippen molar-refractivity contribution in [1.82, 2.24) is 10.2 Å². The molecular formula is C23H24N4O6. The summed E-state index contributed by atoms with van der Waals surface area (Å²) in [4.78, 5) is 50.6. The van der Waals surface area contributed by atoms with Crippen LogP contribution >= 0.6 is 0 Å². The second-order valence-corrected chi connectivity index (χ2v) is 7.56. The first kappa shape index (κ1) is 22.3. The maximum Gasteiger partial charge on any atom is 0.264 e. The number of piperidine rings is 1. The van der Waals surface area contributed by atoms with Gasteiger partial charge in [-0.3, -0.25) is 29.4 Å². The van der Waals surface area contributed by atoms with E-state index >= 15 is 0 Å². The molecule has 0 saturated carbocycles. The summed E-state index contributed by atoms with van der Waals surface area (Å²) in [5.74, 6) is -0.866. The summed E-state index contributed by atoms with van der Waals surface area (Å²) in [5, 5.41) is 5.32. The lowest BCUT2D eigenvalue weighted by Gasteiger charge is -2.27. The number of nitrogens with two attached hydrogens (primary N) is 1. The Labute approximate surface area is 190 Å². The number of benzene rings is 2. The van der Waals surface area contributed by atoms with E-state index in [2.05, 4.69) is 10.6 Å². The normalized spacial score (nSPS) is 17.6. The molecule has 2 heterocycles. The predicted molar refractivity (Wildman–Crippen MR) is 118 cm³/mol. The molecule has 10 heteroatoms. The second-order valence-electron chi connectivity index (χ2n) is 7.56. The van der Waals surface area contributed by atoms with Crippen LogP contribution in [0.2, 0.25) is 0 Å².